The number of thioether (sulfide) groups is 1. The van der Waals surface area contributed by atoms with Crippen LogP contribution in [0, 0.1) is 5.82 Å². The SMILES string of the molecule is [B]=C(COc1ccc2ncnc(Nc3ccc(F)c(Cl)c3)c2c1)Nc1cc(C2CC=CS2)ccc1N. The Bertz CT molecular complexity index is 1480. The van der Waals surface area contributed by atoms with Crippen LogP contribution in [0.5, 0.6) is 5.75 Å². The number of nitrogens with two attached hydrogens (primary N) is 1. The van der Waals surface area contributed by atoms with Gasteiger partial charge in [-0.1, -0.05) is 0 Å². The van der Waals surface area contributed by atoms with E-state index in [9.17, 15) is 4.39 Å². The van der Waals surface area contributed by atoms with Gasteiger partial charge in [-0.05, 0) is 0 Å². The molecule has 1 aromatic heterocycles. The molecule has 0 spiro atoms. The fourth-order valence-corrected chi connectivity index (χ4v) is 4.91. The number of ether oxygens (including phenoxy) is 1. The fourth-order valence-electron chi connectivity index (χ4n) is 3.79. The van der Waals surface area contributed by atoms with Gasteiger partial charge in [0, 0.05) is 0 Å². The number of anilines is 4. The van der Waals surface area contributed by atoms with Gasteiger partial charge in [0.2, 0.25) is 0 Å². The van der Waals surface area contributed by atoms with Gasteiger partial charge in [0.25, 0.3) is 0 Å². The van der Waals surface area contributed by atoms with Gasteiger partial charge in [-0.3, -0.25) is 0 Å². The van der Waals surface area contributed by atoms with Gasteiger partial charge in [-0.15, -0.1) is 0 Å². The Balaban J connectivity index is 1.28. The summed E-state index contributed by atoms with van der Waals surface area (Å²) in [5.41, 5.74) is 10.4. The molecule has 5 rings (SSSR count). The van der Waals surface area contributed by atoms with Crippen molar-refractivity contribution in [3.05, 3.63) is 88.8 Å². The molecule has 0 saturated carbocycles. The van der Waals surface area contributed by atoms with Gasteiger partial charge in [0.1, 0.15) is 0 Å². The normalized spacial score (nSPS) is 14.6. The summed E-state index contributed by atoms with van der Waals surface area (Å²) < 4.78 is 19.4. The van der Waals surface area contributed by atoms with E-state index in [2.05, 4.69) is 32.1 Å². The Morgan fingerprint density at radius 1 is 1.17 bits per heavy atom. The summed E-state index contributed by atoms with van der Waals surface area (Å²) in [6.07, 6.45) is 4.61. The van der Waals surface area contributed by atoms with Crippen molar-refractivity contribution in [2.75, 3.05) is 23.0 Å². The van der Waals surface area contributed by atoms with E-state index < -0.39 is 5.82 Å². The van der Waals surface area contributed by atoms with Crippen molar-refractivity contribution in [1.29, 1.82) is 0 Å². The molecule has 179 valence electrons. The molecule has 2 heterocycles. The van der Waals surface area contributed by atoms with Gasteiger partial charge in [-0.25, -0.2) is 4.39 Å². The Morgan fingerprint density at radius 3 is 2.86 bits per heavy atom. The Kier molecular flexibility index (Phi) is 7.11. The van der Waals surface area contributed by atoms with Gasteiger partial charge in [-0.2, -0.15) is 0 Å². The first kappa shape index (κ1) is 24.2. The van der Waals surface area contributed by atoms with E-state index in [1.54, 1.807) is 23.9 Å². The van der Waals surface area contributed by atoms with E-state index in [-0.39, 0.29) is 11.6 Å². The van der Waals surface area contributed by atoms with E-state index in [0.29, 0.717) is 39.3 Å². The number of nitrogens with zero attached hydrogens (tertiary/aromatic N) is 2. The van der Waals surface area contributed by atoms with Crippen LogP contribution in [0.4, 0.5) is 27.3 Å². The number of benzene rings is 3. The van der Waals surface area contributed by atoms with Crippen LogP contribution in [0.1, 0.15) is 17.2 Å². The summed E-state index contributed by atoms with van der Waals surface area (Å²) in [7, 11) is 6.22. The third kappa shape index (κ3) is 5.47. The van der Waals surface area contributed by atoms with E-state index in [0.717, 1.165) is 17.5 Å². The molecule has 1 unspecified atom stereocenters. The Morgan fingerprint density at radius 2 is 2.06 bits per heavy atom. The molecule has 0 aliphatic carbocycles. The molecule has 1 atom stereocenters. The Labute approximate surface area is 218 Å². The van der Waals surface area contributed by atoms with Crippen LogP contribution in [-0.2, 0) is 0 Å². The number of allylic oxidation sites excluding steroid dienone is 1. The first-order valence-corrected chi connectivity index (χ1v) is 12.5. The van der Waals surface area contributed by atoms with Crippen LogP contribution < -0.4 is 21.1 Å². The number of rotatable bonds is 8. The number of aromatic nitrogens is 2. The minimum atomic E-state index is -0.490. The predicted octanol–water partition coefficient (Wildman–Crippen LogP) is 6.23. The zero-order chi connectivity index (χ0) is 25.1. The topological polar surface area (TPSA) is 85.1 Å². The van der Waals surface area contributed by atoms with Crippen molar-refractivity contribution in [1.82, 2.24) is 9.97 Å². The summed E-state index contributed by atoms with van der Waals surface area (Å²) >= 11 is 7.69. The molecule has 10 heteroatoms. The zero-order valence-electron chi connectivity index (χ0n) is 19.0. The third-order valence-corrected chi connectivity index (χ3v) is 7.05. The van der Waals surface area contributed by atoms with Crippen molar-refractivity contribution in [2.45, 2.75) is 11.7 Å². The van der Waals surface area contributed by atoms with Gasteiger partial charge in [0.15, 0.2) is 0 Å². The molecular formula is C26H21BClFN5OS. The molecule has 0 amide bonds. The first-order chi connectivity index (χ1) is 17.5. The predicted molar refractivity (Wildman–Crippen MR) is 149 cm³/mol. The Hall–Kier alpha value is -3.56. The van der Waals surface area contributed by atoms with Crippen LogP contribution in [-0.4, -0.2) is 29.6 Å². The summed E-state index contributed by atoms with van der Waals surface area (Å²) in [5, 5.41) is 9.57. The summed E-state index contributed by atoms with van der Waals surface area (Å²) in [4.78, 5) is 8.62. The number of nitrogen functional groups attached to an aromatic ring is 1. The molecule has 1 radical (unpaired) electrons. The van der Waals surface area contributed by atoms with Crippen molar-refractivity contribution in [3.8, 4) is 5.75 Å². The zero-order valence-corrected chi connectivity index (χ0v) is 20.6. The molecule has 1 aliphatic rings. The van der Waals surface area contributed by atoms with Gasteiger partial charge >= 0.3 is 214 Å². The number of nitrogens with one attached hydrogen (secondary N) is 2. The van der Waals surface area contributed by atoms with Crippen molar-refractivity contribution in [2.24, 2.45) is 0 Å². The second-order valence-electron chi connectivity index (χ2n) is 8.17. The summed E-state index contributed by atoms with van der Waals surface area (Å²) in [6.45, 7) is 0.124. The van der Waals surface area contributed by atoms with Crippen LogP contribution in [0.3, 0.4) is 0 Å². The first-order valence-electron chi connectivity index (χ1n) is 11.1. The molecule has 36 heavy (non-hydrogen) atoms. The molecule has 0 bridgehead atoms. The molecular weight excluding hydrogens is 496 g/mol. The molecule has 6 nitrogen and oxygen atoms in total. The van der Waals surface area contributed by atoms with Crippen LogP contribution in [0.2, 0.25) is 5.02 Å². The quantitative estimate of drug-likeness (QED) is 0.189. The number of fused-ring (bicyclic) bond motifs is 1. The minimum absolute atomic E-state index is 0.0192. The number of halogens is 2. The monoisotopic (exact) mass is 516 g/mol. The van der Waals surface area contributed by atoms with Gasteiger partial charge in [0.05, 0.1) is 0 Å². The average Bonchev–Trinajstić information content (AvgIpc) is 3.42. The molecule has 1 aliphatic heterocycles. The second-order valence-corrected chi connectivity index (χ2v) is 9.69. The third-order valence-electron chi connectivity index (χ3n) is 5.62. The fraction of sp³-hybridized carbons (Fsp3) is 0.115. The van der Waals surface area contributed by atoms with E-state index >= 15 is 0 Å². The van der Waals surface area contributed by atoms with Crippen molar-refractivity contribution < 1.29 is 9.13 Å². The van der Waals surface area contributed by atoms with Crippen molar-refractivity contribution >= 4 is 70.2 Å². The summed E-state index contributed by atoms with van der Waals surface area (Å²) in [5.74, 6) is 0.625. The van der Waals surface area contributed by atoms with Crippen molar-refractivity contribution in [3.63, 3.8) is 0 Å². The maximum absolute atomic E-state index is 13.5. The molecule has 0 saturated heterocycles. The number of hydrogen-bond donors (Lipinski definition) is 3. The van der Waals surface area contributed by atoms with E-state index in [1.807, 2.05) is 30.3 Å². The molecule has 4 N–H and O–H groups in total. The summed E-state index contributed by atoms with van der Waals surface area (Å²) in [6, 6.07) is 15.8. The van der Waals surface area contributed by atoms with Crippen LogP contribution in [0.15, 0.2) is 72.4 Å². The molecule has 3 aromatic carbocycles. The van der Waals surface area contributed by atoms with Gasteiger partial charge < -0.3 is 0 Å². The molecule has 4 aromatic rings. The van der Waals surface area contributed by atoms with Crippen LogP contribution >= 0.6 is 23.4 Å². The van der Waals surface area contributed by atoms with Crippen LogP contribution in [0.25, 0.3) is 10.9 Å². The number of hydrogen-bond acceptors (Lipinski definition) is 7. The molecule has 0 fully saturated rings. The van der Waals surface area contributed by atoms with E-state index in [4.69, 9.17) is 29.6 Å². The maximum atomic E-state index is 13.5. The standard InChI is InChI=1S/C26H21BClFN5OS/c27-25(34-23-10-15(3-7-21(23)30)24-2-1-9-36-24)13-35-17-5-8-22-18(12-17)26(32-14-31-22)33-16-4-6-20(29)19(28)11-16/h1,3-12,14,24,34H,2,13,30H2,(H,31,32,33). The second kappa shape index (κ2) is 10.6. The van der Waals surface area contributed by atoms with E-state index in [1.165, 1.54) is 24.0 Å². The average molecular weight is 517 g/mol.